The van der Waals surface area contributed by atoms with Crippen LogP contribution in [0, 0.1) is 6.92 Å². The van der Waals surface area contributed by atoms with Crippen LogP contribution in [0.15, 0.2) is 41.3 Å². The van der Waals surface area contributed by atoms with E-state index in [9.17, 15) is 13.2 Å². The second-order valence-corrected chi connectivity index (χ2v) is 9.06. The number of hydrogen-bond donors (Lipinski definition) is 0. The van der Waals surface area contributed by atoms with Gasteiger partial charge in [0, 0.05) is 31.0 Å². The summed E-state index contributed by atoms with van der Waals surface area (Å²) in [7, 11) is -3.45. The van der Waals surface area contributed by atoms with Crippen molar-refractivity contribution in [2.24, 2.45) is 0 Å². The normalized spacial score (nSPS) is 17.7. The van der Waals surface area contributed by atoms with Crippen LogP contribution in [-0.4, -0.2) is 43.2 Å². The Balaban J connectivity index is 1.67. The fourth-order valence-electron chi connectivity index (χ4n) is 3.82. The number of aryl methyl sites for hydroxylation is 2. The van der Waals surface area contributed by atoms with E-state index in [2.05, 4.69) is 4.98 Å². The van der Waals surface area contributed by atoms with Gasteiger partial charge in [0.15, 0.2) is 0 Å². The van der Waals surface area contributed by atoms with Gasteiger partial charge in [-0.2, -0.15) is 4.31 Å². The summed E-state index contributed by atoms with van der Waals surface area (Å²) in [5, 5.41) is 0. The molecule has 4 rings (SSSR count). The van der Waals surface area contributed by atoms with E-state index in [1.807, 2.05) is 19.1 Å². The van der Waals surface area contributed by atoms with Gasteiger partial charge in [-0.05, 0) is 68.5 Å². The van der Waals surface area contributed by atoms with Gasteiger partial charge in [0.2, 0.25) is 10.0 Å². The monoisotopic (exact) mass is 385 g/mol. The van der Waals surface area contributed by atoms with Gasteiger partial charge in [0.1, 0.15) is 5.69 Å². The van der Waals surface area contributed by atoms with E-state index in [4.69, 9.17) is 0 Å². The minimum absolute atomic E-state index is 0.144. The van der Waals surface area contributed by atoms with Crippen LogP contribution in [-0.2, 0) is 16.4 Å². The van der Waals surface area contributed by atoms with Crippen LogP contribution in [0.2, 0.25) is 0 Å². The molecule has 0 bridgehead atoms. The quantitative estimate of drug-likeness (QED) is 0.815. The van der Waals surface area contributed by atoms with Crippen LogP contribution in [0.3, 0.4) is 0 Å². The number of hydrogen-bond acceptors (Lipinski definition) is 4. The number of carbonyl (C=O) groups excluding carboxylic acids is 1. The Labute approximate surface area is 159 Å². The molecule has 1 fully saturated rings. The van der Waals surface area contributed by atoms with E-state index in [-0.39, 0.29) is 5.91 Å². The third-order valence-corrected chi connectivity index (χ3v) is 7.12. The molecule has 2 aliphatic rings. The molecule has 0 atom stereocenters. The highest BCUT2D eigenvalue weighted by atomic mass is 32.2. The highest BCUT2D eigenvalue weighted by molar-refractivity contribution is 7.89. The zero-order chi connectivity index (χ0) is 19.0. The van der Waals surface area contributed by atoms with Crippen molar-refractivity contribution in [3.8, 4) is 0 Å². The SMILES string of the molecule is Cc1cccc(C(=O)N2CCCc3cc(S(=O)(=O)N4CCCC4)ccc32)n1. The number of aromatic nitrogens is 1. The van der Waals surface area contributed by atoms with Gasteiger partial charge in [-0.3, -0.25) is 4.79 Å². The predicted molar refractivity (Wildman–Crippen MR) is 103 cm³/mol. The molecule has 0 spiro atoms. The van der Waals surface area contributed by atoms with E-state index in [0.717, 1.165) is 42.6 Å². The summed E-state index contributed by atoms with van der Waals surface area (Å²) in [5.74, 6) is -0.144. The summed E-state index contributed by atoms with van der Waals surface area (Å²) in [6.45, 7) is 3.64. The Bertz CT molecular complexity index is 982. The number of benzene rings is 1. The van der Waals surface area contributed by atoms with Crippen LogP contribution >= 0.6 is 0 Å². The fraction of sp³-hybridized carbons (Fsp3) is 0.400. The smallest absolute Gasteiger partial charge is 0.276 e. The molecular formula is C20H23N3O3S. The van der Waals surface area contributed by atoms with Gasteiger partial charge in [0.05, 0.1) is 4.90 Å². The number of rotatable bonds is 3. The first-order valence-corrected chi connectivity index (χ1v) is 10.8. The molecule has 3 heterocycles. The van der Waals surface area contributed by atoms with Gasteiger partial charge in [-0.1, -0.05) is 6.07 Å². The molecule has 0 aliphatic carbocycles. The molecule has 27 heavy (non-hydrogen) atoms. The summed E-state index contributed by atoms with van der Waals surface area (Å²) >= 11 is 0. The van der Waals surface area contributed by atoms with Crippen LogP contribution in [0.1, 0.15) is 41.0 Å². The fourth-order valence-corrected chi connectivity index (χ4v) is 5.39. The molecule has 1 amide bonds. The van der Waals surface area contributed by atoms with Gasteiger partial charge >= 0.3 is 0 Å². The lowest BCUT2D eigenvalue weighted by atomic mass is 10.0. The third-order valence-electron chi connectivity index (χ3n) is 5.22. The predicted octanol–water partition coefficient (Wildman–Crippen LogP) is 2.77. The van der Waals surface area contributed by atoms with Crippen molar-refractivity contribution in [1.29, 1.82) is 0 Å². The molecule has 6 nitrogen and oxygen atoms in total. The summed E-state index contributed by atoms with van der Waals surface area (Å²) in [6, 6.07) is 10.5. The van der Waals surface area contributed by atoms with E-state index in [1.54, 1.807) is 33.5 Å². The zero-order valence-electron chi connectivity index (χ0n) is 15.4. The lowest BCUT2D eigenvalue weighted by molar-refractivity contribution is 0.0980. The maximum Gasteiger partial charge on any atom is 0.276 e. The van der Waals surface area contributed by atoms with Gasteiger partial charge in [-0.15, -0.1) is 0 Å². The second kappa shape index (κ2) is 7.05. The van der Waals surface area contributed by atoms with Crippen LogP contribution in [0.4, 0.5) is 5.69 Å². The molecule has 0 N–H and O–H groups in total. The van der Waals surface area contributed by atoms with Crippen molar-refractivity contribution >= 4 is 21.6 Å². The van der Waals surface area contributed by atoms with Gasteiger partial charge in [0.25, 0.3) is 5.91 Å². The highest BCUT2D eigenvalue weighted by Crippen LogP contribution is 2.32. The summed E-state index contributed by atoms with van der Waals surface area (Å²) in [5.41, 5.74) is 2.90. The first-order chi connectivity index (χ1) is 13.0. The van der Waals surface area contributed by atoms with Gasteiger partial charge in [-0.25, -0.2) is 13.4 Å². The average molecular weight is 385 g/mol. The Morgan fingerprint density at radius 1 is 1.04 bits per heavy atom. The zero-order valence-corrected chi connectivity index (χ0v) is 16.2. The second-order valence-electron chi connectivity index (χ2n) is 7.13. The van der Waals surface area contributed by atoms with Crippen LogP contribution < -0.4 is 4.90 Å². The largest absolute Gasteiger partial charge is 0.307 e. The molecule has 7 heteroatoms. The number of anilines is 1. The molecule has 0 saturated carbocycles. The number of sulfonamides is 1. The maximum atomic E-state index is 12.9. The Morgan fingerprint density at radius 3 is 2.56 bits per heavy atom. The number of pyridine rings is 1. The molecule has 0 radical (unpaired) electrons. The van der Waals surface area contributed by atoms with Crippen molar-refractivity contribution in [1.82, 2.24) is 9.29 Å². The van der Waals surface area contributed by atoms with Gasteiger partial charge < -0.3 is 4.90 Å². The lowest BCUT2D eigenvalue weighted by Gasteiger charge is -2.30. The minimum Gasteiger partial charge on any atom is -0.307 e. The lowest BCUT2D eigenvalue weighted by Crippen LogP contribution is -2.36. The maximum absolute atomic E-state index is 12.9. The molecule has 2 aromatic rings. The first kappa shape index (κ1) is 18.1. The molecule has 142 valence electrons. The third kappa shape index (κ3) is 3.37. The van der Waals surface area contributed by atoms with Crippen molar-refractivity contribution in [2.45, 2.75) is 37.5 Å². The van der Waals surface area contributed by atoms with E-state index >= 15 is 0 Å². The van der Waals surface area contributed by atoms with E-state index in [0.29, 0.717) is 30.2 Å². The molecule has 0 unspecified atom stereocenters. The van der Waals surface area contributed by atoms with Crippen LogP contribution in [0.25, 0.3) is 0 Å². The van der Waals surface area contributed by atoms with Crippen molar-refractivity contribution < 1.29 is 13.2 Å². The topological polar surface area (TPSA) is 70.6 Å². The first-order valence-electron chi connectivity index (χ1n) is 9.35. The standard InChI is InChI=1S/C20H23N3O3S/c1-15-6-4-8-18(21-15)20(24)23-13-5-7-16-14-17(9-10-19(16)23)27(25,26)22-11-2-3-12-22/h4,6,8-10,14H,2-3,5,7,11-13H2,1H3. The molecule has 1 aromatic carbocycles. The van der Waals surface area contributed by atoms with Crippen molar-refractivity contribution in [2.75, 3.05) is 24.5 Å². The Morgan fingerprint density at radius 2 is 1.81 bits per heavy atom. The van der Waals surface area contributed by atoms with Crippen molar-refractivity contribution in [3.05, 3.63) is 53.3 Å². The number of nitrogens with zero attached hydrogens (tertiary/aromatic N) is 3. The summed E-state index contributed by atoms with van der Waals surface area (Å²) < 4.78 is 27.2. The number of fused-ring (bicyclic) bond motifs is 1. The van der Waals surface area contributed by atoms with E-state index < -0.39 is 10.0 Å². The average Bonchev–Trinajstić information content (AvgIpc) is 3.22. The van der Waals surface area contributed by atoms with Crippen molar-refractivity contribution in [3.63, 3.8) is 0 Å². The Hall–Kier alpha value is -2.25. The molecular weight excluding hydrogens is 362 g/mol. The molecule has 1 aromatic heterocycles. The number of amides is 1. The number of carbonyl (C=O) groups is 1. The van der Waals surface area contributed by atoms with Crippen LogP contribution in [0.5, 0.6) is 0 Å². The molecule has 2 aliphatic heterocycles. The summed E-state index contributed by atoms with van der Waals surface area (Å²) in [6.07, 6.45) is 3.40. The van der Waals surface area contributed by atoms with E-state index in [1.165, 1.54) is 0 Å². The highest BCUT2D eigenvalue weighted by Gasteiger charge is 2.30. The Kier molecular flexibility index (Phi) is 4.74. The summed E-state index contributed by atoms with van der Waals surface area (Å²) in [4.78, 5) is 19.3. The molecule has 1 saturated heterocycles. The minimum atomic E-state index is -3.45.